The van der Waals surface area contributed by atoms with Gasteiger partial charge in [0.15, 0.2) is 0 Å². The zero-order chi connectivity index (χ0) is 25.5. The predicted octanol–water partition coefficient (Wildman–Crippen LogP) is -0.627. The van der Waals surface area contributed by atoms with Crippen molar-refractivity contribution in [1.29, 1.82) is 0 Å². The van der Waals surface area contributed by atoms with Crippen molar-refractivity contribution in [3.8, 4) is 0 Å². The van der Waals surface area contributed by atoms with Crippen molar-refractivity contribution in [2.75, 3.05) is 13.1 Å². The van der Waals surface area contributed by atoms with Crippen LogP contribution in [0, 0.1) is 0 Å². The molecule has 2 saturated heterocycles. The van der Waals surface area contributed by atoms with Crippen LogP contribution in [0.25, 0.3) is 0 Å². The van der Waals surface area contributed by atoms with E-state index in [4.69, 9.17) is 11.5 Å². The minimum atomic E-state index is -1.07. The molecule has 2 heterocycles. The molecule has 0 spiro atoms. The van der Waals surface area contributed by atoms with E-state index in [9.17, 15) is 29.1 Å². The highest BCUT2D eigenvalue weighted by Crippen LogP contribution is 2.22. The van der Waals surface area contributed by atoms with Crippen LogP contribution in [0.3, 0.4) is 0 Å². The van der Waals surface area contributed by atoms with Crippen molar-refractivity contribution in [2.24, 2.45) is 11.5 Å². The Bertz CT molecular complexity index is 955. The maximum atomic E-state index is 13.4. The van der Waals surface area contributed by atoms with Crippen molar-refractivity contribution in [3.05, 3.63) is 35.9 Å². The van der Waals surface area contributed by atoms with Gasteiger partial charge < -0.3 is 31.7 Å². The number of nitrogens with one attached hydrogen (secondary N) is 1. The fourth-order valence-corrected chi connectivity index (χ4v) is 4.74. The molecule has 0 bridgehead atoms. The summed E-state index contributed by atoms with van der Waals surface area (Å²) in [5.41, 5.74) is 11.9. The number of nitrogens with two attached hydrogens (primary N) is 2. The number of aliphatic carboxylic acids is 1. The first-order valence-corrected chi connectivity index (χ1v) is 11.9. The third kappa shape index (κ3) is 6.56. The Morgan fingerprint density at radius 2 is 1.57 bits per heavy atom. The first-order chi connectivity index (χ1) is 16.7. The van der Waals surface area contributed by atoms with E-state index < -0.39 is 53.8 Å². The molecule has 1 aromatic rings. The second kappa shape index (κ2) is 11.8. The number of benzene rings is 1. The van der Waals surface area contributed by atoms with Crippen LogP contribution in [0.5, 0.6) is 0 Å². The fraction of sp³-hybridized carbons (Fsp3) is 0.542. The molecular weight excluding hydrogens is 454 g/mol. The summed E-state index contributed by atoms with van der Waals surface area (Å²) in [4.78, 5) is 64.9. The van der Waals surface area contributed by atoms with E-state index in [1.54, 1.807) is 0 Å². The average Bonchev–Trinajstić information content (AvgIpc) is 3.52. The summed E-state index contributed by atoms with van der Waals surface area (Å²) in [6, 6.07) is 5.46. The van der Waals surface area contributed by atoms with Gasteiger partial charge in [-0.15, -0.1) is 0 Å². The van der Waals surface area contributed by atoms with Gasteiger partial charge in [-0.05, 0) is 37.7 Å². The smallest absolute Gasteiger partial charge is 0.326 e. The van der Waals surface area contributed by atoms with Crippen LogP contribution in [0.4, 0.5) is 0 Å². The normalized spacial score (nSPS) is 21.4. The number of carboxylic acids is 1. The SMILES string of the molecule is NC(=O)CCC(N)C(=O)N1CCCC1C(=O)NC(Cc1ccccc1)C(=O)N1CCCC1C(=O)O. The Balaban J connectivity index is 1.75. The average molecular weight is 488 g/mol. The summed E-state index contributed by atoms with van der Waals surface area (Å²) in [7, 11) is 0. The van der Waals surface area contributed by atoms with Gasteiger partial charge in [0.1, 0.15) is 18.1 Å². The Kier molecular flexibility index (Phi) is 8.80. The number of carbonyl (C=O) groups excluding carboxylic acids is 4. The largest absolute Gasteiger partial charge is 0.480 e. The van der Waals surface area contributed by atoms with Gasteiger partial charge in [0, 0.05) is 25.9 Å². The first kappa shape index (κ1) is 26.1. The minimum Gasteiger partial charge on any atom is -0.480 e. The molecule has 190 valence electrons. The molecule has 0 radical (unpaired) electrons. The molecule has 0 aromatic heterocycles. The van der Waals surface area contributed by atoms with Crippen LogP contribution >= 0.6 is 0 Å². The maximum absolute atomic E-state index is 13.4. The zero-order valence-corrected chi connectivity index (χ0v) is 19.6. The van der Waals surface area contributed by atoms with Crippen LogP contribution in [-0.4, -0.2) is 81.8 Å². The van der Waals surface area contributed by atoms with Crippen LogP contribution in [0.1, 0.15) is 44.1 Å². The second-order valence-corrected chi connectivity index (χ2v) is 9.08. The standard InChI is InChI=1S/C24H33N5O6/c25-16(10-11-20(26)30)22(32)28-12-4-8-18(28)21(31)27-17(14-15-6-2-1-3-7-15)23(33)29-13-5-9-19(29)24(34)35/h1-3,6-7,16-19H,4-5,8-14,25H2,(H2,26,30)(H,27,31)(H,34,35). The summed E-state index contributed by atoms with van der Waals surface area (Å²) >= 11 is 0. The Morgan fingerprint density at radius 3 is 2.17 bits per heavy atom. The van der Waals surface area contributed by atoms with Gasteiger partial charge in [-0.25, -0.2) is 4.79 Å². The molecule has 2 aliphatic heterocycles. The Labute approximate surface area is 203 Å². The van der Waals surface area contributed by atoms with E-state index in [1.165, 1.54) is 9.80 Å². The number of amides is 4. The molecule has 3 rings (SSSR count). The van der Waals surface area contributed by atoms with Crippen molar-refractivity contribution < 1.29 is 29.1 Å². The van der Waals surface area contributed by atoms with Crippen molar-refractivity contribution in [1.82, 2.24) is 15.1 Å². The van der Waals surface area contributed by atoms with Gasteiger partial charge in [-0.2, -0.15) is 0 Å². The van der Waals surface area contributed by atoms with Gasteiger partial charge in [-0.1, -0.05) is 30.3 Å². The minimum absolute atomic E-state index is 0.0359. The van der Waals surface area contributed by atoms with Gasteiger partial charge in [-0.3, -0.25) is 19.2 Å². The lowest BCUT2D eigenvalue weighted by atomic mass is 10.0. The third-order valence-corrected chi connectivity index (χ3v) is 6.58. The van der Waals surface area contributed by atoms with Gasteiger partial charge in [0.25, 0.3) is 0 Å². The summed E-state index contributed by atoms with van der Waals surface area (Å²) in [6.45, 7) is 0.644. The van der Waals surface area contributed by atoms with Crippen LogP contribution in [0.15, 0.2) is 30.3 Å². The predicted molar refractivity (Wildman–Crippen MR) is 126 cm³/mol. The van der Waals surface area contributed by atoms with E-state index in [0.29, 0.717) is 38.8 Å². The third-order valence-electron chi connectivity index (χ3n) is 6.58. The molecule has 1 aromatic carbocycles. The summed E-state index contributed by atoms with van der Waals surface area (Å²) in [5, 5.41) is 12.3. The van der Waals surface area contributed by atoms with Gasteiger partial charge in [0.2, 0.25) is 23.6 Å². The highest BCUT2D eigenvalue weighted by Gasteiger charge is 2.40. The molecule has 11 heteroatoms. The number of rotatable bonds is 10. The topological polar surface area (TPSA) is 176 Å². The van der Waals surface area contributed by atoms with Crippen LogP contribution < -0.4 is 16.8 Å². The quantitative estimate of drug-likeness (QED) is 0.340. The molecule has 2 fully saturated rings. The van der Waals surface area contributed by atoms with Crippen LogP contribution in [0.2, 0.25) is 0 Å². The molecule has 35 heavy (non-hydrogen) atoms. The summed E-state index contributed by atoms with van der Waals surface area (Å²) in [6.07, 6.45) is 2.17. The molecule has 4 amide bonds. The first-order valence-electron chi connectivity index (χ1n) is 11.9. The Morgan fingerprint density at radius 1 is 0.971 bits per heavy atom. The number of nitrogens with zero attached hydrogens (tertiary/aromatic N) is 2. The molecule has 2 aliphatic rings. The fourth-order valence-electron chi connectivity index (χ4n) is 4.74. The summed E-state index contributed by atoms with van der Waals surface area (Å²) < 4.78 is 0. The van der Waals surface area contributed by atoms with E-state index in [2.05, 4.69) is 5.32 Å². The molecule has 4 unspecified atom stereocenters. The highest BCUT2D eigenvalue weighted by molar-refractivity contribution is 5.94. The molecule has 0 aliphatic carbocycles. The molecular formula is C24H33N5O6. The van der Waals surface area contributed by atoms with Crippen molar-refractivity contribution in [3.63, 3.8) is 0 Å². The molecule has 4 atom stereocenters. The van der Waals surface area contributed by atoms with Crippen molar-refractivity contribution in [2.45, 2.75) is 69.1 Å². The van der Waals surface area contributed by atoms with Gasteiger partial charge >= 0.3 is 5.97 Å². The number of hydrogen-bond donors (Lipinski definition) is 4. The second-order valence-electron chi connectivity index (χ2n) is 9.08. The maximum Gasteiger partial charge on any atom is 0.326 e. The van der Waals surface area contributed by atoms with Crippen LogP contribution in [-0.2, 0) is 30.4 Å². The monoisotopic (exact) mass is 487 g/mol. The Hall–Kier alpha value is -3.47. The van der Waals surface area contributed by atoms with Gasteiger partial charge in [0.05, 0.1) is 6.04 Å². The highest BCUT2D eigenvalue weighted by atomic mass is 16.4. The lowest BCUT2D eigenvalue weighted by Gasteiger charge is -2.30. The van der Waals surface area contributed by atoms with E-state index in [-0.39, 0.29) is 19.3 Å². The molecule has 11 nitrogen and oxygen atoms in total. The number of carbonyl (C=O) groups is 5. The van der Waals surface area contributed by atoms with E-state index in [0.717, 1.165) is 5.56 Å². The zero-order valence-electron chi connectivity index (χ0n) is 19.6. The lowest BCUT2D eigenvalue weighted by Crippen LogP contribution is -2.57. The summed E-state index contributed by atoms with van der Waals surface area (Å²) in [5.74, 6) is -3.02. The van der Waals surface area contributed by atoms with Crippen molar-refractivity contribution >= 4 is 29.6 Å². The number of carboxylic acid groups (broad SMARTS) is 1. The number of likely N-dealkylation sites (tertiary alicyclic amines) is 2. The molecule has 6 N–H and O–H groups in total. The number of primary amides is 1. The van der Waals surface area contributed by atoms with E-state index in [1.807, 2.05) is 30.3 Å². The van der Waals surface area contributed by atoms with E-state index >= 15 is 0 Å². The molecule has 0 saturated carbocycles. The lowest BCUT2D eigenvalue weighted by molar-refractivity contribution is -0.149. The number of hydrogen-bond acceptors (Lipinski definition) is 6.